The molecule has 0 radical (unpaired) electrons. The van der Waals surface area contributed by atoms with Crippen LogP contribution in [-0.4, -0.2) is 0 Å². The fourth-order valence-electron chi connectivity index (χ4n) is 4.58. The highest BCUT2D eigenvalue weighted by molar-refractivity contribution is 5.86. The molecule has 3 rings (SSSR count). The van der Waals surface area contributed by atoms with Crippen LogP contribution in [0.3, 0.4) is 0 Å². The Morgan fingerprint density at radius 2 is 0.649 bits per heavy atom. The smallest absolute Gasteiger partial charge is 0.0525 e. The van der Waals surface area contributed by atoms with Crippen molar-refractivity contribution in [1.82, 2.24) is 0 Å². The van der Waals surface area contributed by atoms with E-state index in [1.807, 2.05) is 53.7 Å². The Morgan fingerprint density at radius 3 is 0.892 bits per heavy atom. The van der Waals surface area contributed by atoms with Crippen molar-refractivity contribution >= 4 is 17.1 Å². The minimum atomic E-state index is 1.22. The minimum absolute atomic E-state index is 1.22. The quantitative estimate of drug-likeness (QED) is 0.322. The summed E-state index contributed by atoms with van der Waals surface area (Å²) in [6.07, 6.45) is 4.00. The molecule has 0 unspecified atom stereocenters. The summed E-state index contributed by atoms with van der Waals surface area (Å²) in [4.78, 5) is 2.51. The molecule has 3 aromatic rings. The standard InChI is InChI=1S/C28H35N.C4H8.2C2H6/c1-16-18(3)22(7)27(23(8)19(16)4)29(26-14-12-11-13-15-26)28-24(9)20(5)17(2)21(6)25(28)10;1-3-4-2;2*1-2/h11-15H,1-10H3;3-4H,1-2H3;2*1-2H3/b;4-3-;;. The minimum Gasteiger partial charge on any atom is -0.309 e. The van der Waals surface area contributed by atoms with E-state index in [1.54, 1.807) is 0 Å². The zero-order valence-corrected chi connectivity index (χ0v) is 27.0. The first-order valence-electron chi connectivity index (χ1n) is 14.1. The van der Waals surface area contributed by atoms with Crippen molar-refractivity contribution in [3.8, 4) is 0 Å². The van der Waals surface area contributed by atoms with E-state index in [4.69, 9.17) is 0 Å². The van der Waals surface area contributed by atoms with Crippen LogP contribution in [0.25, 0.3) is 0 Å². The fourth-order valence-corrected chi connectivity index (χ4v) is 4.58. The lowest BCUT2D eigenvalue weighted by Gasteiger charge is -2.34. The lowest BCUT2D eigenvalue weighted by molar-refractivity contribution is 1.09. The van der Waals surface area contributed by atoms with E-state index >= 15 is 0 Å². The molecule has 1 nitrogen and oxygen atoms in total. The first-order chi connectivity index (χ1) is 17.5. The van der Waals surface area contributed by atoms with E-state index in [0.29, 0.717) is 0 Å². The molecule has 3 aromatic carbocycles. The maximum absolute atomic E-state index is 2.51. The van der Waals surface area contributed by atoms with E-state index < -0.39 is 0 Å². The Bertz CT molecular complexity index is 1030. The second-order valence-electron chi connectivity index (χ2n) is 9.28. The monoisotopic (exact) mass is 501 g/mol. The topological polar surface area (TPSA) is 3.24 Å². The molecule has 1 heteroatoms. The van der Waals surface area contributed by atoms with Gasteiger partial charge < -0.3 is 4.90 Å². The molecule has 0 saturated heterocycles. The number of allylic oxidation sites excluding steroid dienone is 2. The van der Waals surface area contributed by atoms with Gasteiger partial charge in [0.1, 0.15) is 0 Å². The maximum atomic E-state index is 2.51. The van der Waals surface area contributed by atoms with Gasteiger partial charge in [-0.2, -0.15) is 0 Å². The third kappa shape index (κ3) is 7.37. The van der Waals surface area contributed by atoms with Gasteiger partial charge in [-0.3, -0.25) is 0 Å². The van der Waals surface area contributed by atoms with Crippen molar-refractivity contribution < 1.29 is 0 Å². The Morgan fingerprint density at radius 1 is 0.405 bits per heavy atom. The molecule has 0 heterocycles. The van der Waals surface area contributed by atoms with Gasteiger partial charge in [-0.05, 0) is 151 Å². The molecular weight excluding hydrogens is 446 g/mol. The number of anilines is 3. The second kappa shape index (κ2) is 16.1. The molecule has 0 N–H and O–H groups in total. The van der Waals surface area contributed by atoms with Crippen LogP contribution in [-0.2, 0) is 0 Å². The summed E-state index contributed by atoms with van der Waals surface area (Å²) in [5.74, 6) is 0. The molecule has 0 bridgehead atoms. The molecule has 0 aliphatic rings. The van der Waals surface area contributed by atoms with Gasteiger partial charge in [0.25, 0.3) is 0 Å². The predicted molar refractivity (Wildman–Crippen MR) is 172 cm³/mol. The molecule has 0 amide bonds. The van der Waals surface area contributed by atoms with Gasteiger partial charge in [0, 0.05) is 5.69 Å². The zero-order valence-electron chi connectivity index (χ0n) is 27.0. The van der Waals surface area contributed by atoms with Gasteiger partial charge in [0.05, 0.1) is 11.4 Å². The van der Waals surface area contributed by atoms with Gasteiger partial charge in [0.2, 0.25) is 0 Å². The van der Waals surface area contributed by atoms with Gasteiger partial charge in [-0.25, -0.2) is 0 Å². The normalized spacial score (nSPS) is 10.1. The summed E-state index contributed by atoms with van der Waals surface area (Å²) in [5, 5.41) is 0. The van der Waals surface area contributed by atoms with Crippen LogP contribution in [0.2, 0.25) is 0 Å². The van der Waals surface area contributed by atoms with Crippen molar-refractivity contribution in [2.24, 2.45) is 0 Å². The SMILES string of the molecule is C/C=C\C.CC.CC.Cc1c(C)c(C)c(N(c2ccccc2)c2c(C)c(C)c(C)c(C)c2C)c(C)c1C. The summed E-state index contributed by atoms with van der Waals surface area (Å²) in [7, 11) is 0. The van der Waals surface area contributed by atoms with E-state index in [9.17, 15) is 0 Å². The Kier molecular flexibility index (Phi) is 14.9. The van der Waals surface area contributed by atoms with E-state index in [1.165, 1.54) is 72.7 Å². The van der Waals surface area contributed by atoms with Crippen LogP contribution in [0.4, 0.5) is 17.1 Å². The van der Waals surface area contributed by atoms with Crippen molar-refractivity contribution in [2.75, 3.05) is 4.90 Å². The highest BCUT2D eigenvalue weighted by Crippen LogP contribution is 2.46. The summed E-state index contributed by atoms with van der Waals surface area (Å²) < 4.78 is 0. The van der Waals surface area contributed by atoms with Crippen molar-refractivity contribution in [2.45, 2.75) is 111 Å². The maximum Gasteiger partial charge on any atom is 0.0525 e. The van der Waals surface area contributed by atoms with Crippen LogP contribution in [0.5, 0.6) is 0 Å². The van der Waals surface area contributed by atoms with Crippen molar-refractivity contribution in [3.63, 3.8) is 0 Å². The first-order valence-corrected chi connectivity index (χ1v) is 14.1. The van der Waals surface area contributed by atoms with Crippen LogP contribution < -0.4 is 4.90 Å². The molecule has 37 heavy (non-hydrogen) atoms. The molecule has 0 atom stereocenters. The average Bonchev–Trinajstić information content (AvgIpc) is 2.94. The molecule has 204 valence electrons. The number of benzene rings is 3. The summed E-state index contributed by atoms with van der Waals surface area (Å²) >= 11 is 0. The molecule has 0 saturated carbocycles. The third-order valence-electron chi connectivity index (χ3n) is 7.72. The highest BCUT2D eigenvalue weighted by Gasteiger charge is 2.25. The van der Waals surface area contributed by atoms with Crippen molar-refractivity contribution in [1.29, 1.82) is 0 Å². The third-order valence-corrected chi connectivity index (χ3v) is 7.72. The van der Waals surface area contributed by atoms with E-state index in [0.717, 1.165) is 0 Å². The Balaban J connectivity index is 0.00000145. The van der Waals surface area contributed by atoms with E-state index in [-0.39, 0.29) is 0 Å². The first kappa shape index (κ1) is 34.2. The van der Waals surface area contributed by atoms with Gasteiger partial charge in [0.15, 0.2) is 0 Å². The molecule has 0 spiro atoms. The molecule has 0 aliphatic heterocycles. The summed E-state index contributed by atoms with van der Waals surface area (Å²) in [6, 6.07) is 10.8. The van der Waals surface area contributed by atoms with Crippen LogP contribution in [0, 0.1) is 69.2 Å². The van der Waals surface area contributed by atoms with Crippen LogP contribution in [0.15, 0.2) is 42.5 Å². The second-order valence-corrected chi connectivity index (χ2v) is 9.28. The fraction of sp³-hybridized carbons (Fsp3) is 0.444. The molecule has 0 aromatic heterocycles. The van der Waals surface area contributed by atoms with Crippen LogP contribution >= 0.6 is 0 Å². The number of rotatable bonds is 3. The van der Waals surface area contributed by atoms with Crippen molar-refractivity contribution in [3.05, 3.63) is 98.1 Å². The number of hydrogen-bond donors (Lipinski definition) is 0. The number of nitrogens with zero attached hydrogens (tertiary/aromatic N) is 1. The predicted octanol–water partition coefficient (Wildman–Crippen LogP) is 11.9. The Labute approximate surface area is 230 Å². The number of para-hydroxylation sites is 1. The molecule has 0 fully saturated rings. The lowest BCUT2D eigenvalue weighted by atomic mass is 9.89. The Hall–Kier alpha value is -2.80. The van der Waals surface area contributed by atoms with E-state index in [2.05, 4.69) is 104 Å². The largest absolute Gasteiger partial charge is 0.309 e. The highest BCUT2D eigenvalue weighted by atomic mass is 15.2. The van der Waals surface area contributed by atoms with Gasteiger partial charge in [-0.15, -0.1) is 0 Å². The molecule has 0 aliphatic carbocycles. The summed E-state index contributed by atoms with van der Waals surface area (Å²) in [5.41, 5.74) is 17.7. The van der Waals surface area contributed by atoms with Gasteiger partial charge in [-0.1, -0.05) is 58.0 Å². The average molecular weight is 502 g/mol. The lowest BCUT2D eigenvalue weighted by Crippen LogP contribution is -2.18. The van der Waals surface area contributed by atoms with Gasteiger partial charge >= 0.3 is 0 Å². The molecular formula is C36H55N. The zero-order chi connectivity index (χ0) is 29.0. The number of hydrogen-bond acceptors (Lipinski definition) is 1. The summed E-state index contributed by atoms with van der Waals surface area (Å²) in [6.45, 7) is 34.6. The van der Waals surface area contributed by atoms with Crippen LogP contribution in [0.1, 0.15) is 97.2 Å².